The molecule has 0 saturated carbocycles. The molecule has 2 heterocycles. The van der Waals surface area contributed by atoms with Gasteiger partial charge in [0.25, 0.3) is 5.91 Å². The fourth-order valence-electron chi connectivity index (χ4n) is 3.52. The standard InChI is InChI=1S/C18H16N2O2/c1-10(2)16-13-8-7-11-5-3-4-6-12(11)14(13)9-15-17(21)19-18(22)20(15)16/h3-10,16H,1-2H3,(H,19,21,22). The quantitative estimate of drug-likeness (QED) is 0.818. The lowest BCUT2D eigenvalue weighted by Gasteiger charge is -2.35. The summed E-state index contributed by atoms with van der Waals surface area (Å²) in [7, 11) is 0. The van der Waals surface area contributed by atoms with Gasteiger partial charge in [-0.05, 0) is 33.9 Å². The summed E-state index contributed by atoms with van der Waals surface area (Å²) in [6, 6.07) is 11.8. The van der Waals surface area contributed by atoms with Gasteiger partial charge in [0.2, 0.25) is 0 Å². The van der Waals surface area contributed by atoms with Crippen LogP contribution >= 0.6 is 0 Å². The number of hydrogen-bond acceptors (Lipinski definition) is 2. The van der Waals surface area contributed by atoms with Gasteiger partial charge in [-0.25, -0.2) is 4.79 Å². The highest BCUT2D eigenvalue weighted by Crippen LogP contribution is 2.42. The van der Waals surface area contributed by atoms with Gasteiger partial charge in [0, 0.05) is 0 Å². The van der Waals surface area contributed by atoms with Crippen molar-refractivity contribution in [1.82, 2.24) is 10.2 Å². The number of benzene rings is 2. The van der Waals surface area contributed by atoms with Crippen molar-refractivity contribution in [2.24, 2.45) is 5.92 Å². The summed E-state index contributed by atoms with van der Waals surface area (Å²) in [4.78, 5) is 25.9. The first-order valence-electron chi connectivity index (χ1n) is 7.46. The van der Waals surface area contributed by atoms with E-state index in [-0.39, 0.29) is 23.9 Å². The molecule has 0 aliphatic carbocycles. The molecule has 2 aliphatic rings. The maximum atomic E-state index is 12.2. The predicted octanol–water partition coefficient (Wildman–Crippen LogP) is 3.44. The molecule has 1 atom stereocenters. The monoisotopic (exact) mass is 292 g/mol. The molecule has 2 aliphatic heterocycles. The molecule has 3 amide bonds. The van der Waals surface area contributed by atoms with Crippen LogP contribution in [-0.2, 0) is 4.79 Å². The van der Waals surface area contributed by atoms with E-state index >= 15 is 0 Å². The van der Waals surface area contributed by atoms with Crippen molar-refractivity contribution in [1.29, 1.82) is 0 Å². The molecule has 0 aromatic heterocycles. The highest BCUT2D eigenvalue weighted by Gasteiger charge is 2.43. The van der Waals surface area contributed by atoms with E-state index in [9.17, 15) is 9.59 Å². The first-order chi connectivity index (χ1) is 10.6. The third kappa shape index (κ3) is 1.64. The van der Waals surface area contributed by atoms with Crippen LogP contribution in [0.25, 0.3) is 16.8 Å². The van der Waals surface area contributed by atoms with Crippen LogP contribution in [0, 0.1) is 5.92 Å². The average Bonchev–Trinajstić information content (AvgIpc) is 2.79. The van der Waals surface area contributed by atoms with E-state index in [0.29, 0.717) is 5.70 Å². The van der Waals surface area contributed by atoms with Crippen molar-refractivity contribution < 1.29 is 9.59 Å². The molecule has 22 heavy (non-hydrogen) atoms. The number of imide groups is 1. The van der Waals surface area contributed by atoms with Gasteiger partial charge in [-0.1, -0.05) is 50.2 Å². The second-order valence-corrected chi connectivity index (χ2v) is 6.14. The van der Waals surface area contributed by atoms with E-state index in [4.69, 9.17) is 0 Å². The zero-order valence-electron chi connectivity index (χ0n) is 12.5. The fourth-order valence-corrected chi connectivity index (χ4v) is 3.52. The molecule has 2 aromatic carbocycles. The summed E-state index contributed by atoms with van der Waals surface area (Å²) in [6.45, 7) is 4.14. The minimum absolute atomic E-state index is 0.119. The summed E-state index contributed by atoms with van der Waals surface area (Å²) in [5.74, 6) is -0.102. The van der Waals surface area contributed by atoms with Crippen LogP contribution < -0.4 is 5.32 Å². The molecule has 4 nitrogen and oxygen atoms in total. The minimum Gasteiger partial charge on any atom is -0.281 e. The zero-order chi connectivity index (χ0) is 15.4. The predicted molar refractivity (Wildman–Crippen MR) is 84.9 cm³/mol. The first-order valence-corrected chi connectivity index (χ1v) is 7.46. The highest BCUT2D eigenvalue weighted by molar-refractivity contribution is 6.15. The number of hydrogen-bond donors (Lipinski definition) is 1. The number of fused-ring (bicyclic) bond motifs is 4. The Balaban J connectivity index is 2.06. The summed E-state index contributed by atoms with van der Waals surface area (Å²) in [5, 5.41) is 4.66. The second-order valence-electron chi connectivity index (χ2n) is 6.14. The third-order valence-electron chi connectivity index (χ3n) is 4.45. The van der Waals surface area contributed by atoms with E-state index in [1.807, 2.05) is 18.2 Å². The van der Waals surface area contributed by atoms with Crippen molar-refractivity contribution in [3.63, 3.8) is 0 Å². The average molecular weight is 292 g/mol. The van der Waals surface area contributed by atoms with Crippen LogP contribution in [0.4, 0.5) is 4.79 Å². The van der Waals surface area contributed by atoms with Crippen molar-refractivity contribution >= 4 is 28.8 Å². The van der Waals surface area contributed by atoms with Gasteiger partial charge in [-0.15, -0.1) is 0 Å². The Morgan fingerprint density at radius 3 is 2.64 bits per heavy atom. The molecule has 110 valence electrons. The maximum absolute atomic E-state index is 12.2. The largest absolute Gasteiger partial charge is 0.329 e. The molecule has 1 N–H and O–H groups in total. The smallest absolute Gasteiger partial charge is 0.281 e. The Kier molecular flexibility index (Phi) is 2.64. The molecule has 1 saturated heterocycles. The number of rotatable bonds is 1. The van der Waals surface area contributed by atoms with Crippen molar-refractivity contribution in [2.45, 2.75) is 19.9 Å². The summed E-state index contributed by atoms with van der Waals surface area (Å²) >= 11 is 0. The molecule has 2 aromatic rings. The molecule has 0 bridgehead atoms. The Morgan fingerprint density at radius 1 is 1.09 bits per heavy atom. The van der Waals surface area contributed by atoms with Crippen LogP contribution in [0.15, 0.2) is 42.1 Å². The molecule has 0 radical (unpaired) electrons. The number of nitrogens with one attached hydrogen (secondary N) is 1. The lowest BCUT2D eigenvalue weighted by molar-refractivity contribution is -0.116. The topological polar surface area (TPSA) is 49.4 Å². The van der Waals surface area contributed by atoms with E-state index < -0.39 is 0 Å². The first kappa shape index (κ1) is 13.1. The minimum atomic E-state index is -0.325. The summed E-state index contributed by atoms with van der Waals surface area (Å²) in [6.07, 6.45) is 1.84. The third-order valence-corrected chi connectivity index (χ3v) is 4.45. The Labute approximate surface area is 128 Å². The van der Waals surface area contributed by atoms with Crippen LogP contribution in [0.2, 0.25) is 0 Å². The van der Waals surface area contributed by atoms with Crippen LogP contribution in [0.5, 0.6) is 0 Å². The van der Waals surface area contributed by atoms with Crippen molar-refractivity contribution in [3.8, 4) is 0 Å². The molecule has 0 spiro atoms. The van der Waals surface area contributed by atoms with Crippen LogP contribution in [-0.4, -0.2) is 16.8 Å². The van der Waals surface area contributed by atoms with Gasteiger partial charge in [-0.2, -0.15) is 0 Å². The number of nitrogens with zero attached hydrogens (tertiary/aromatic N) is 1. The SMILES string of the molecule is CC(C)C1c2ccc3ccccc3c2C=C2C(=O)NC(=O)N21. The van der Waals surface area contributed by atoms with Crippen LogP contribution in [0.1, 0.15) is 31.0 Å². The van der Waals surface area contributed by atoms with Gasteiger partial charge in [0.05, 0.1) is 6.04 Å². The van der Waals surface area contributed by atoms with Gasteiger partial charge in [0.1, 0.15) is 5.70 Å². The van der Waals surface area contributed by atoms with E-state index in [2.05, 4.69) is 43.4 Å². The highest BCUT2D eigenvalue weighted by atomic mass is 16.2. The Bertz CT molecular complexity index is 851. The second kappa shape index (κ2) is 4.44. The lowest BCUT2D eigenvalue weighted by Crippen LogP contribution is -2.36. The molecule has 1 fully saturated rings. The van der Waals surface area contributed by atoms with Crippen molar-refractivity contribution in [3.05, 3.63) is 53.2 Å². The number of carbonyl (C=O) groups is 2. The molecule has 4 heteroatoms. The molecule has 1 unspecified atom stereocenters. The summed E-state index contributed by atoms with van der Waals surface area (Å²) < 4.78 is 0. The van der Waals surface area contributed by atoms with Crippen LogP contribution in [0.3, 0.4) is 0 Å². The number of urea groups is 1. The van der Waals surface area contributed by atoms with E-state index in [0.717, 1.165) is 21.9 Å². The van der Waals surface area contributed by atoms with Gasteiger partial charge >= 0.3 is 6.03 Å². The molecular weight excluding hydrogens is 276 g/mol. The van der Waals surface area contributed by atoms with E-state index in [1.54, 1.807) is 4.90 Å². The lowest BCUT2D eigenvalue weighted by atomic mass is 9.85. The van der Waals surface area contributed by atoms with E-state index in [1.165, 1.54) is 0 Å². The maximum Gasteiger partial charge on any atom is 0.329 e. The molecule has 4 rings (SSSR count). The summed E-state index contributed by atoms with van der Waals surface area (Å²) in [5.41, 5.74) is 2.60. The molecular formula is C18H16N2O2. The van der Waals surface area contributed by atoms with Gasteiger partial charge < -0.3 is 0 Å². The van der Waals surface area contributed by atoms with Gasteiger partial charge in [-0.3, -0.25) is 15.0 Å². The van der Waals surface area contributed by atoms with Crippen molar-refractivity contribution in [2.75, 3.05) is 0 Å². The Hall–Kier alpha value is -2.62. The zero-order valence-corrected chi connectivity index (χ0v) is 12.5. The normalized spacial score (nSPS) is 20.0. The van der Waals surface area contributed by atoms with Gasteiger partial charge in [0.15, 0.2) is 0 Å². The number of carbonyl (C=O) groups excluding carboxylic acids is 2. The fraction of sp³-hybridized carbons (Fsp3) is 0.222. The number of amides is 3. The Morgan fingerprint density at radius 2 is 1.86 bits per heavy atom.